The zero-order valence-electron chi connectivity index (χ0n) is 11.1. The topological polar surface area (TPSA) is 58.2 Å². The monoisotopic (exact) mass is 280 g/mol. The largest absolute Gasteiger partial charge is 0.384 e. The molecule has 4 nitrogen and oxygen atoms in total. The molecule has 1 saturated carbocycles. The quantitative estimate of drug-likeness (QED) is 0.868. The Kier molecular flexibility index (Phi) is 3.27. The number of hydrogen-bond acceptors (Lipinski definition) is 3. The number of benzene rings is 1. The second-order valence-electron chi connectivity index (χ2n) is 5.70. The molecule has 1 aliphatic carbocycles. The van der Waals surface area contributed by atoms with Gasteiger partial charge in [-0.2, -0.15) is 0 Å². The van der Waals surface area contributed by atoms with Crippen molar-refractivity contribution in [3.05, 3.63) is 23.8 Å². The van der Waals surface area contributed by atoms with Crippen LogP contribution in [0.3, 0.4) is 0 Å². The van der Waals surface area contributed by atoms with Crippen LogP contribution in [0.2, 0.25) is 0 Å². The highest BCUT2D eigenvalue weighted by molar-refractivity contribution is 7.89. The number of hydrogen-bond donors (Lipinski definition) is 2. The lowest BCUT2D eigenvalue weighted by Gasteiger charge is -2.14. The molecular formula is C14H20N2O2S. The minimum atomic E-state index is -3.39. The minimum Gasteiger partial charge on any atom is -0.384 e. The standard InChI is InChI=1S/C14H20N2O2S/c1-10(8-11-2-3-11)16-19(17,18)13-5-4-12-6-7-15-14(12)9-13/h4-5,9-11,15-16H,2-3,6-8H2,1H3. The first-order valence-corrected chi connectivity index (χ1v) is 8.42. The fourth-order valence-corrected chi connectivity index (χ4v) is 3.95. The van der Waals surface area contributed by atoms with Gasteiger partial charge >= 0.3 is 0 Å². The van der Waals surface area contributed by atoms with E-state index in [4.69, 9.17) is 0 Å². The van der Waals surface area contributed by atoms with Crippen LogP contribution in [-0.4, -0.2) is 21.0 Å². The van der Waals surface area contributed by atoms with E-state index >= 15 is 0 Å². The highest BCUT2D eigenvalue weighted by Crippen LogP contribution is 2.33. The molecule has 2 N–H and O–H groups in total. The molecule has 1 atom stereocenters. The number of nitrogens with one attached hydrogen (secondary N) is 2. The Morgan fingerprint density at radius 2 is 2.21 bits per heavy atom. The molecule has 5 heteroatoms. The molecule has 3 rings (SSSR count). The van der Waals surface area contributed by atoms with Crippen molar-refractivity contribution >= 4 is 15.7 Å². The number of anilines is 1. The Morgan fingerprint density at radius 1 is 1.42 bits per heavy atom. The average molecular weight is 280 g/mol. The van der Waals surface area contributed by atoms with Crippen LogP contribution in [0, 0.1) is 5.92 Å². The highest BCUT2D eigenvalue weighted by Gasteiger charge is 2.26. The van der Waals surface area contributed by atoms with Gasteiger partial charge in [0.15, 0.2) is 0 Å². The molecule has 1 aliphatic heterocycles. The first kappa shape index (κ1) is 12.9. The van der Waals surface area contributed by atoms with Crippen molar-refractivity contribution in [3.63, 3.8) is 0 Å². The van der Waals surface area contributed by atoms with Crippen LogP contribution in [0.15, 0.2) is 23.1 Å². The predicted octanol–water partition coefficient (Wildman–Crippen LogP) is 2.12. The van der Waals surface area contributed by atoms with Gasteiger partial charge in [0.1, 0.15) is 0 Å². The summed E-state index contributed by atoms with van der Waals surface area (Å²) in [6, 6.07) is 5.38. The Morgan fingerprint density at radius 3 is 2.95 bits per heavy atom. The molecule has 0 saturated heterocycles. The molecule has 1 fully saturated rings. The van der Waals surface area contributed by atoms with Crippen molar-refractivity contribution in [1.82, 2.24) is 4.72 Å². The molecule has 2 aliphatic rings. The maximum atomic E-state index is 12.3. The van der Waals surface area contributed by atoms with Crippen molar-refractivity contribution in [1.29, 1.82) is 0 Å². The Bertz CT molecular complexity index is 579. The van der Waals surface area contributed by atoms with E-state index < -0.39 is 10.0 Å². The lowest BCUT2D eigenvalue weighted by molar-refractivity contribution is 0.530. The van der Waals surface area contributed by atoms with Gasteiger partial charge in [-0.15, -0.1) is 0 Å². The lowest BCUT2D eigenvalue weighted by atomic mass is 10.2. The van der Waals surface area contributed by atoms with Crippen molar-refractivity contribution < 1.29 is 8.42 Å². The summed E-state index contributed by atoms with van der Waals surface area (Å²) in [5.74, 6) is 0.722. The lowest BCUT2D eigenvalue weighted by Crippen LogP contribution is -2.32. The SMILES string of the molecule is CC(CC1CC1)NS(=O)(=O)c1ccc2c(c1)NCC2. The van der Waals surface area contributed by atoms with Crippen molar-refractivity contribution in [2.45, 2.75) is 43.5 Å². The molecule has 1 heterocycles. The minimum absolute atomic E-state index is 0.0127. The zero-order chi connectivity index (χ0) is 13.5. The first-order valence-electron chi connectivity index (χ1n) is 6.94. The number of rotatable bonds is 5. The van der Waals surface area contributed by atoms with Gasteiger partial charge in [0.25, 0.3) is 0 Å². The van der Waals surface area contributed by atoms with Crippen LogP contribution in [-0.2, 0) is 16.4 Å². The summed E-state index contributed by atoms with van der Waals surface area (Å²) in [5, 5.41) is 3.22. The van der Waals surface area contributed by atoms with E-state index in [1.165, 1.54) is 18.4 Å². The van der Waals surface area contributed by atoms with Crippen LogP contribution in [0.5, 0.6) is 0 Å². The third-order valence-corrected chi connectivity index (χ3v) is 5.43. The summed E-state index contributed by atoms with van der Waals surface area (Å²) < 4.78 is 27.4. The van der Waals surface area contributed by atoms with Gasteiger partial charge in [-0.05, 0) is 43.4 Å². The molecule has 0 spiro atoms. The fourth-order valence-electron chi connectivity index (χ4n) is 2.67. The van der Waals surface area contributed by atoms with Gasteiger partial charge in [0.05, 0.1) is 4.90 Å². The van der Waals surface area contributed by atoms with E-state index in [2.05, 4.69) is 10.0 Å². The summed E-state index contributed by atoms with van der Waals surface area (Å²) in [6.07, 6.45) is 4.41. The van der Waals surface area contributed by atoms with Crippen molar-refractivity contribution in [3.8, 4) is 0 Å². The maximum absolute atomic E-state index is 12.3. The summed E-state index contributed by atoms with van der Waals surface area (Å²) in [4.78, 5) is 0.364. The molecule has 19 heavy (non-hydrogen) atoms. The molecule has 0 radical (unpaired) electrons. The highest BCUT2D eigenvalue weighted by atomic mass is 32.2. The molecule has 1 unspecified atom stereocenters. The predicted molar refractivity (Wildman–Crippen MR) is 75.8 cm³/mol. The van der Waals surface area contributed by atoms with Gasteiger partial charge in [0.2, 0.25) is 10.0 Å². The van der Waals surface area contributed by atoms with Crippen LogP contribution in [0.4, 0.5) is 5.69 Å². The molecule has 0 amide bonds. The van der Waals surface area contributed by atoms with Crippen LogP contribution >= 0.6 is 0 Å². The number of sulfonamides is 1. The van der Waals surface area contributed by atoms with Gasteiger partial charge in [-0.3, -0.25) is 0 Å². The Balaban J connectivity index is 1.75. The zero-order valence-corrected chi connectivity index (χ0v) is 12.0. The van der Waals surface area contributed by atoms with E-state index in [-0.39, 0.29) is 6.04 Å². The third-order valence-electron chi connectivity index (χ3n) is 3.84. The van der Waals surface area contributed by atoms with E-state index in [0.29, 0.717) is 4.90 Å². The number of fused-ring (bicyclic) bond motifs is 1. The summed E-state index contributed by atoms with van der Waals surface area (Å²) >= 11 is 0. The Hall–Kier alpha value is -1.07. The van der Waals surface area contributed by atoms with Crippen LogP contribution in [0.1, 0.15) is 31.7 Å². The molecule has 104 valence electrons. The van der Waals surface area contributed by atoms with Crippen LogP contribution < -0.4 is 10.0 Å². The molecule has 0 bridgehead atoms. The Labute approximate surface area is 114 Å². The van der Waals surface area contributed by atoms with Crippen LogP contribution in [0.25, 0.3) is 0 Å². The van der Waals surface area contributed by atoms with E-state index in [0.717, 1.165) is 31.0 Å². The summed E-state index contributed by atoms with van der Waals surface area (Å²) in [6.45, 7) is 2.84. The van der Waals surface area contributed by atoms with Gasteiger partial charge in [-0.25, -0.2) is 13.1 Å². The van der Waals surface area contributed by atoms with E-state index in [1.54, 1.807) is 12.1 Å². The second-order valence-corrected chi connectivity index (χ2v) is 7.41. The van der Waals surface area contributed by atoms with Gasteiger partial charge in [-0.1, -0.05) is 18.9 Å². The maximum Gasteiger partial charge on any atom is 0.240 e. The molecular weight excluding hydrogens is 260 g/mol. The molecule has 0 aromatic heterocycles. The summed E-state index contributed by atoms with van der Waals surface area (Å²) in [7, 11) is -3.39. The normalized spacial score (nSPS) is 19.8. The van der Waals surface area contributed by atoms with Crippen molar-refractivity contribution in [2.75, 3.05) is 11.9 Å². The van der Waals surface area contributed by atoms with Gasteiger partial charge in [0, 0.05) is 18.3 Å². The second kappa shape index (κ2) is 4.80. The smallest absolute Gasteiger partial charge is 0.240 e. The van der Waals surface area contributed by atoms with Gasteiger partial charge < -0.3 is 5.32 Å². The summed E-state index contributed by atoms with van der Waals surface area (Å²) in [5.41, 5.74) is 2.16. The average Bonchev–Trinajstić information content (AvgIpc) is 3.03. The molecule has 1 aromatic rings. The molecule has 1 aromatic carbocycles. The van der Waals surface area contributed by atoms with E-state index in [9.17, 15) is 8.42 Å². The fraction of sp³-hybridized carbons (Fsp3) is 0.571. The first-order chi connectivity index (χ1) is 9.04. The van der Waals surface area contributed by atoms with E-state index in [1.807, 2.05) is 13.0 Å². The third kappa shape index (κ3) is 2.92. The van der Waals surface area contributed by atoms with Crippen molar-refractivity contribution in [2.24, 2.45) is 5.92 Å².